The van der Waals surface area contributed by atoms with Gasteiger partial charge in [0.05, 0.1) is 18.2 Å². The molecule has 0 radical (unpaired) electrons. The zero-order chi connectivity index (χ0) is 24.3. The van der Waals surface area contributed by atoms with Crippen molar-refractivity contribution in [3.8, 4) is 11.8 Å². The van der Waals surface area contributed by atoms with Gasteiger partial charge in [-0.1, -0.05) is 12.5 Å². The number of nitrogens with zero attached hydrogens (tertiary/aromatic N) is 4. The van der Waals surface area contributed by atoms with Gasteiger partial charge in [-0.05, 0) is 58.2 Å². The molecule has 2 amide bonds. The molecular weight excluding hydrogens is 432 g/mol. The molecule has 2 aliphatic heterocycles. The van der Waals surface area contributed by atoms with Crippen LogP contribution < -0.4 is 4.74 Å². The first kappa shape index (κ1) is 24.3. The van der Waals surface area contributed by atoms with Gasteiger partial charge < -0.3 is 14.4 Å². The van der Waals surface area contributed by atoms with Gasteiger partial charge in [0.1, 0.15) is 23.5 Å². The third kappa shape index (κ3) is 5.82. The molecule has 34 heavy (non-hydrogen) atoms. The van der Waals surface area contributed by atoms with E-state index in [2.05, 4.69) is 11.0 Å². The predicted octanol–water partition coefficient (Wildman–Crippen LogP) is 3.40. The Morgan fingerprint density at radius 3 is 2.56 bits per heavy atom. The van der Waals surface area contributed by atoms with E-state index in [-0.39, 0.29) is 18.6 Å². The molecule has 2 saturated heterocycles. The number of rotatable bonds is 4. The normalized spacial score (nSPS) is 24.2. The van der Waals surface area contributed by atoms with Crippen molar-refractivity contribution >= 4 is 12.0 Å². The van der Waals surface area contributed by atoms with E-state index < -0.39 is 17.7 Å². The molecule has 2 unspecified atom stereocenters. The Kier molecular flexibility index (Phi) is 7.32. The summed E-state index contributed by atoms with van der Waals surface area (Å²) in [6.07, 6.45) is 4.32. The summed E-state index contributed by atoms with van der Waals surface area (Å²) in [5, 5.41) is 9.17. The molecule has 0 N–H and O–H groups in total. The Hall–Kier alpha value is -2.79. The summed E-state index contributed by atoms with van der Waals surface area (Å²) >= 11 is 0. The molecule has 0 spiro atoms. The number of ether oxygens (including phenoxy) is 2. The highest BCUT2D eigenvalue weighted by atomic mass is 16.6. The van der Waals surface area contributed by atoms with E-state index in [1.807, 2.05) is 25.7 Å². The van der Waals surface area contributed by atoms with E-state index in [1.54, 1.807) is 24.3 Å². The van der Waals surface area contributed by atoms with Crippen LogP contribution in [-0.2, 0) is 9.53 Å². The molecule has 3 aliphatic rings. The number of benzene rings is 1. The summed E-state index contributed by atoms with van der Waals surface area (Å²) < 4.78 is 11.7. The molecule has 0 bridgehead atoms. The lowest BCUT2D eigenvalue weighted by Gasteiger charge is -2.37. The quantitative estimate of drug-likeness (QED) is 0.673. The number of carbonyl (C=O) groups excluding carboxylic acids is 2. The van der Waals surface area contributed by atoms with Crippen LogP contribution in [0.15, 0.2) is 24.3 Å². The van der Waals surface area contributed by atoms with E-state index in [0.717, 1.165) is 19.5 Å². The first-order valence-corrected chi connectivity index (χ1v) is 12.4. The van der Waals surface area contributed by atoms with Crippen LogP contribution in [0.25, 0.3) is 0 Å². The molecule has 8 nitrogen and oxygen atoms in total. The maximum atomic E-state index is 13.7. The van der Waals surface area contributed by atoms with Gasteiger partial charge in [-0.2, -0.15) is 5.26 Å². The molecule has 184 valence electrons. The second kappa shape index (κ2) is 10.2. The maximum absolute atomic E-state index is 13.7. The van der Waals surface area contributed by atoms with Crippen LogP contribution in [0.3, 0.4) is 0 Å². The number of hydrogen-bond donors (Lipinski definition) is 0. The summed E-state index contributed by atoms with van der Waals surface area (Å²) in [5.74, 6) is 0.533. The SMILES string of the molecule is CC(C)(C)OC(=O)N1CC(Oc2cccc(C#N)c2)CC1C(=O)N1CCCN(C2CCC2)CC1. The zero-order valence-corrected chi connectivity index (χ0v) is 20.5. The summed E-state index contributed by atoms with van der Waals surface area (Å²) in [4.78, 5) is 32.7. The van der Waals surface area contributed by atoms with Gasteiger partial charge in [-0.15, -0.1) is 0 Å². The van der Waals surface area contributed by atoms with Crippen molar-refractivity contribution in [2.75, 3.05) is 32.7 Å². The lowest BCUT2D eigenvalue weighted by molar-refractivity contribution is -0.135. The summed E-state index contributed by atoms with van der Waals surface area (Å²) in [6, 6.07) is 9.11. The maximum Gasteiger partial charge on any atom is 0.411 e. The van der Waals surface area contributed by atoms with Gasteiger partial charge in [-0.25, -0.2) is 4.79 Å². The molecule has 1 aromatic rings. The lowest BCUT2D eigenvalue weighted by Crippen LogP contribution is -2.50. The minimum Gasteiger partial charge on any atom is -0.488 e. The topological polar surface area (TPSA) is 86.1 Å². The van der Waals surface area contributed by atoms with Gasteiger partial charge in [0.15, 0.2) is 0 Å². The molecule has 8 heteroatoms. The van der Waals surface area contributed by atoms with Crippen LogP contribution in [0.1, 0.15) is 58.4 Å². The third-order valence-electron chi connectivity index (χ3n) is 6.87. The van der Waals surface area contributed by atoms with Crippen molar-refractivity contribution in [3.63, 3.8) is 0 Å². The Bertz CT molecular complexity index is 933. The fourth-order valence-corrected chi connectivity index (χ4v) is 4.96. The number of amides is 2. The summed E-state index contributed by atoms with van der Waals surface area (Å²) in [5.41, 5.74) is -0.149. The molecule has 1 aliphatic carbocycles. The number of hydrogen-bond acceptors (Lipinski definition) is 6. The smallest absolute Gasteiger partial charge is 0.411 e. The Labute approximate surface area is 202 Å². The van der Waals surface area contributed by atoms with Crippen molar-refractivity contribution < 1.29 is 19.1 Å². The summed E-state index contributed by atoms with van der Waals surface area (Å²) in [7, 11) is 0. The molecule has 1 saturated carbocycles. The minimum atomic E-state index is -0.656. The van der Waals surface area contributed by atoms with Gasteiger partial charge in [0.2, 0.25) is 5.91 Å². The van der Waals surface area contributed by atoms with Gasteiger partial charge in [-0.3, -0.25) is 14.6 Å². The van der Waals surface area contributed by atoms with Crippen LogP contribution in [0.4, 0.5) is 4.79 Å². The minimum absolute atomic E-state index is 0.0294. The van der Waals surface area contributed by atoms with E-state index in [9.17, 15) is 14.9 Å². The Morgan fingerprint density at radius 2 is 1.88 bits per heavy atom. The molecule has 3 fully saturated rings. The highest BCUT2D eigenvalue weighted by Gasteiger charge is 2.44. The summed E-state index contributed by atoms with van der Waals surface area (Å²) in [6.45, 7) is 9.03. The molecule has 4 rings (SSSR count). The van der Waals surface area contributed by atoms with Crippen LogP contribution in [0.2, 0.25) is 0 Å². The van der Waals surface area contributed by atoms with Crippen molar-refractivity contribution in [2.45, 2.75) is 76.7 Å². The molecule has 2 heterocycles. The van der Waals surface area contributed by atoms with Crippen molar-refractivity contribution in [2.24, 2.45) is 0 Å². The molecular formula is C26H36N4O4. The van der Waals surface area contributed by atoms with Gasteiger partial charge in [0, 0.05) is 38.6 Å². The average molecular weight is 469 g/mol. The van der Waals surface area contributed by atoms with Crippen molar-refractivity contribution in [3.05, 3.63) is 29.8 Å². The molecule has 2 atom stereocenters. The number of likely N-dealkylation sites (tertiary alicyclic amines) is 1. The standard InChI is InChI=1S/C26H36N4O4/c1-26(2,3)34-25(32)30-18-22(33-21-10-4-7-19(15-21)17-27)16-23(30)24(31)29-12-6-11-28(13-14-29)20-8-5-9-20/h4,7,10,15,20,22-23H,5-6,8-9,11-14,16,18H2,1-3H3. The monoisotopic (exact) mass is 468 g/mol. The van der Waals surface area contributed by atoms with E-state index >= 15 is 0 Å². The lowest BCUT2D eigenvalue weighted by atomic mass is 9.91. The van der Waals surface area contributed by atoms with Gasteiger partial charge >= 0.3 is 6.09 Å². The van der Waals surface area contributed by atoms with Crippen molar-refractivity contribution in [1.29, 1.82) is 5.26 Å². The van der Waals surface area contributed by atoms with E-state index in [4.69, 9.17) is 9.47 Å². The Balaban J connectivity index is 1.46. The van der Waals surface area contributed by atoms with Crippen LogP contribution in [0, 0.1) is 11.3 Å². The van der Waals surface area contributed by atoms with Crippen LogP contribution in [-0.4, -0.2) is 83.2 Å². The number of carbonyl (C=O) groups is 2. The first-order chi connectivity index (χ1) is 16.2. The fraction of sp³-hybridized carbons (Fsp3) is 0.654. The zero-order valence-electron chi connectivity index (χ0n) is 20.5. The predicted molar refractivity (Wildman–Crippen MR) is 127 cm³/mol. The average Bonchev–Trinajstić information content (AvgIpc) is 3.02. The second-order valence-corrected chi connectivity index (χ2v) is 10.6. The Morgan fingerprint density at radius 1 is 1.09 bits per heavy atom. The second-order valence-electron chi connectivity index (χ2n) is 10.6. The van der Waals surface area contributed by atoms with Crippen LogP contribution >= 0.6 is 0 Å². The molecule has 1 aromatic carbocycles. The van der Waals surface area contributed by atoms with Crippen LogP contribution in [0.5, 0.6) is 5.75 Å². The number of nitriles is 1. The van der Waals surface area contributed by atoms with E-state index in [0.29, 0.717) is 36.9 Å². The van der Waals surface area contributed by atoms with Gasteiger partial charge in [0.25, 0.3) is 0 Å². The largest absolute Gasteiger partial charge is 0.488 e. The molecule has 0 aromatic heterocycles. The third-order valence-corrected chi connectivity index (χ3v) is 6.87. The highest BCUT2D eigenvalue weighted by Crippen LogP contribution is 2.29. The van der Waals surface area contributed by atoms with Crippen molar-refractivity contribution in [1.82, 2.24) is 14.7 Å². The first-order valence-electron chi connectivity index (χ1n) is 12.4. The fourth-order valence-electron chi connectivity index (χ4n) is 4.96. The highest BCUT2D eigenvalue weighted by molar-refractivity contribution is 5.86. The van der Waals surface area contributed by atoms with E-state index in [1.165, 1.54) is 24.2 Å².